The topological polar surface area (TPSA) is 104 Å². The fourth-order valence-electron chi connectivity index (χ4n) is 5.38. The molecular weight excluding hydrogens is 502 g/mol. The molecule has 0 amide bonds. The largest absolute Gasteiger partial charge is 0.494 e. The van der Waals surface area contributed by atoms with Gasteiger partial charge in [0.15, 0.2) is 0 Å². The standard InChI is InChI=1S/C32H39N5O3/c1-21-16-22(2)36-32(39)28(21)19-34-31(38)27-17-24(23-10-12-26(13-11-23)40-15-7-14-33-3)18-30-29(27)20-35-37(30)25-8-5-4-6-9-25/h8,10-13,16-18,20,31,33-34,38H,4-7,9,14-15,19H2,1-3H3,(H,36,39). The third-order valence-electron chi connectivity index (χ3n) is 7.55. The Labute approximate surface area is 235 Å². The minimum absolute atomic E-state index is 0.138. The molecule has 2 aromatic carbocycles. The Morgan fingerprint density at radius 2 is 1.95 bits per heavy atom. The van der Waals surface area contributed by atoms with Gasteiger partial charge in [-0.25, -0.2) is 4.68 Å². The Morgan fingerprint density at radius 3 is 2.67 bits per heavy atom. The molecule has 4 aromatic rings. The number of nitrogens with one attached hydrogen (secondary N) is 3. The van der Waals surface area contributed by atoms with Gasteiger partial charge in [-0.15, -0.1) is 0 Å². The van der Waals surface area contributed by atoms with E-state index in [1.54, 1.807) is 0 Å². The highest BCUT2D eigenvalue weighted by atomic mass is 16.5. The summed E-state index contributed by atoms with van der Waals surface area (Å²) < 4.78 is 7.89. The minimum atomic E-state index is -0.990. The van der Waals surface area contributed by atoms with Crippen LogP contribution >= 0.6 is 0 Å². The number of benzene rings is 2. The Morgan fingerprint density at radius 1 is 1.12 bits per heavy atom. The second-order valence-corrected chi connectivity index (χ2v) is 10.6. The maximum atomic E-state index is 12.6. The third kappa shape index (κ3) is 6.20. The van der Waals surface area contributed by atoms with Crippen LogP contribution in [0, 0.1) is 13.8 Å². The SMILES string of the molecule is CNCCCOc1ccc(-c2cc(C(O)NCc3c(C)cc(C)[nH]c3=O)c3cnn(C4=CCCCC4)c3c2)cc1. The molecule has 210 valence electrons. The highest BCUT2D eigenvalue weighted by Crippen LogP contribution is 2.34. The highest BCUT2D eigenvalue weighted by Gasteiger charge is 2.19. The summed E-state index contributed by atoms with van der Waals surface area (Å²) in [6.07, 6.45) is 8.42. The summed E-state index contributed by atoms with van der Waals surface area (Å²) >= 11 is 0. The van der Waals surface area contributed by atoms with Crippen LogP contribution in [0.3, 0.4) is 0 Å². The molecule has 0 fully saturated rings. The molecule has 0 saturated carbocycles. The second-order valence-electron chi connectivity index (χ2n) is 10.6. The van der Waals surface area contributed by atoms with Gasteiger partial charge < -0.3 is 20.1 Å². The molecule has 5 rings (SSSR count). The monoisotopic (exact) mass is 541 g/mol. The molecule has 0 bridgehead atoms. The third-order valence-corrected chi connectivity index (χ3v) is 7.55. The first-order chi connectivity index (χ1) is 19.4. The molecule has 1 unspecified atom stereocenters. The predicted octanol–water partition coefficient (Wildman–Crippen LogP) is 5.19. The van der Waals surface area contributed by atoms with Crippen molar-refractivity contribution in [2.45, 2.75) is 58.7 Å². The number of rotatable bonds is 11. The van der Waals surface area contributed by atoms with Gasteiger partial charge in [0, 0.05) is 34.4 Å². The first kappa shape index (κ1) is 27.8. The van der Waals surface area contributed by atoms with E-state index in [2.05, 4.69) is 27.8 Å². The van der Waals surface area contributed by atoms with Crippen molar-refractivity contribution in [2.75, 3.05) is 20.2 Å². The van der Waals surface area contributed by atoms with E-state index >= 15 is 0 Å². The molecule has 8 nitrogen and oxygen atoms in total. The van der Waals surface area contributed by atoms with E-state index in [1.165, 1.54) is 12.1 Å². The van der Waals surface area contributed by atoms with Gasteiger partial charge in [-0.05, 0) is 107 Å². The fourth-order valence-corrected chi connectivity index (χ4v) is 5.38. The first-order valence-corrected chi connectivity index (χ1v) is 14.1. The van der Waals surface area contributed by atoms with E-state index in [1.807, 2.05) is 68.2 Å². The molecule has 0 saturated heterocycles. The Kier molecular flexibility index (Phi) is 8.79. The van der Waals surface area contributed by atoms with E-state index < -0.39 is 6.23 Å². The predicted molar refractivity (Wildman–Crippen MR) is 160 cm³/mol. The molecule has 1 atom stereocenters. The van der Waals surface area contributed by atoms with Crippen LogP contribution in [-0.4, -0.2) is 40.1 Å². The molecule has 1 aliphatic rings. The van der Waals surface area contributed by atoms with Crippen molar-refractivity contribution < 1.29 is 9.84 Å². The number of aromatic amines is 1. The van der Waals surface area contributed by atoms with E-state index in [-0.39, 0.29) is 12.1 Å². The van der Waals surface area contributed by atoms with E-state index in [9.17, 15) is 9.90 Å². The van der Waals surface area contributed by atoms with Gasteiger partial charge >= 0.3 is 0 Å². The average molecular weight is 542 g/mol. The van der Waals surface area contributed by atoms with Gasteiger partial charge in [0.2, 0.25) is 0 Å². The van der Waals surface area contributed by atoms with E-state index in [0.717, 1.165) is 76.8 Å². The lowest BCUT2D eigenvalue weighted by atomic mass is 9.98. The molecule has 0 radical (unpaired) electrons. The average Bonchev–Trinajstić information content (AvgIpc) is 3.39. The smallest absolute Gasteiger partial charge is 0.252 e. The lowest BCUT2D eigenvalue weighted by Crippen LogP contribution is -2.26. The zero-order chi connectivity index (χ0) is 28.1. The maximum absolute atomic E-state index is 12.6. The number of hydrogen-bond donors (Lipinski definition) is 4. The number of fused-ring (bicyclic) bond motifs is 1. The van der Waals surface area contributed by atoms with Gasteiger partial charge in [-0.3, -0.25) is 10.1 Å². The Balaban J connectivity index is 1.48. The van der Waals surface area contributed by atoms with E-state index in [4.69, 9.17) is 9.84 Å². The molecular formula is C32H39N5O3. The van der Waals surface area contributed by atoms with Crippen LogP contribution in [-0.2, 0) is 6.54 Å². The van der Waals surface area contributed by atoms with Crippen LogP contribution < -0.4 is 20.9 Å². The summed E-state index contributed by atoms with van der Waals surface area (Å²) in [5.41, 5.74) is 7.07. The molecule has 1 aliphatic carbocycles. The van der Waals surface area contributed by atoms with Crippen LogP contribution in [0.2, 0.25) is 0 Å². The first-order valence-electron chi connectivity index (χ1n) is 14.1. The zero-order valence-corrected chi connectivity index (χ0v) is 23.6. The Bertz CT molecular complexity index is 1550. The highest BCUT2D eigenvalue weighted by molar-refractivity contribution is 5.90. The molecule has 40 heavy (non-hydrogen) atoms. The number of nitrogens with zero attached hydrogens (tertiary/aromatic N) is 2. The van der Waals surface area contributed by atoms with Gasteiger partial charge in [-0.2, -0.15) is 5.10 Å². The summed E-state index contributed by atoms with van der Waals surface area (Å²) in [4.78, 5) is 15.4. The molecule has 0 spiro atoms. The van der Waals surface area contributed by atoms with Gasteiger partial charge in [-0.1, -0.05) is 18.2 Å². The zero-order valence-electron chi connectivity index (χ0n) is 23.6. The lowest BCUT2D eigenvalue weighted by Gasteiger charge is -2.18. The number of aliphatic hydroxyl groups is 1. The quantitative estimate of drug-likeness (QED) is 0.154. The molecule has 0 aliphatic heterocycles. The van der Waals surface area contributed by atoms with Gasteiger partial charge in [0.05, 0.1) is 18.3 Å². The van der Waals surface area contributed by atoms with Crippen molar-refractivity contribution >= 4 is 16.6 Å². The van der Waals surface area contributed by atoms with E-state index in [0.29, 0.717) is 12.2 Å². The fraction of sp³-hybridized carbons (Fsp3) is 0.375. The van der Waals surface area contributed by atoms with Crippen molar-refractivity contribution in [3.8, 4) is 16.9 Å². The number of allylic oxidation sites excluding steroid dienone is 2. The molecule has 2 heterocycles. The number of hydrogen-bond acceptors (Lipinski definition) is 6. The number of aryl methyl sites for hydroxylation is 2. The number of H-pyrrole nitrogens is 1. The second kappa shape index (κ2) is 12.6. The summed E-state index contributed by atoms with van der Waals surface area (Å²) in [6, 6.07) is 14.2. The van der Waals surface area contributed by atoms with Crippen molar-refractivity contribution in [1.82, 2.24) is 25.4 Å². The summed E-state index contributed by atoms with van der Waals surface area (Å²) in [5, 5.41) is 23.3. The lowest BCUT2D eigenvalue weighted by molar-refractivity contribution is 0.138. The summed E-state index contributed by atoms with van der Waals surface area (Å²) in [6.45, 7) is 5.60. The molecule has 8 heteroatoms. The van der Waals surface area contributed by atoms with Crippen LogP contribution in [0.15, 0.2) is 59.5 Å². The minimum Gasteiger partial charge on any atom is -0.494 e. The van der Waals surface area contributed by atoms with Crippen LogP contribution in [0.1, 0.15) is 60.7 Å². The maximum Gasteiger partial charge on any atom is 0.252 e. The number of pyridine rings is 1. The number of aromatic nitrogens is 3. The van der Waals surface area contributed by atoms with Crippen molar-refractivity contribution in [3.63, 3.8) is 0 Å². The van der Waals surface area contributed by atoms with Crippen LogP contribution in [0.25, 0.3) is 27.7 Å². The normalized spacial score (nSPS) is 14.3. The van der Waals surface area contributed by atoms with Gasteiger partial charge in [0.25, 0.3) is 5.56 Å². The number of ether oxygens (including phenoxy) is 1. The molecule has 4 N–H and O–H groups in total. The van der Waals surface area contributed by atoms with Crippen molar-refractivity contribution in [2.24, 2.45) is 0 Å². The number of aliphatic hydroxyl groups excluding tert-OH is 1. The summed E-state index contributed by atoms with van der Waals surface area (Å²) in [5.74, 6) is 0.832. The molecule has 2 aromatic heterocycles. The van der Waals surface area contributed by atoms with Crippen LogP contribution in [0.4, 0.5) is 0 Å². The van der Waals surface area contributed by atoms with Crippen molar-refractivity contribution in [3.05, 3.63) is 87.5 Å². The van der Waals surface area contributed by atoms with Crippen molar-refractivity contribution in [1.29, 1.82) is 0 Å². The summed E-state index contributed by atoms with van der Waals surface area (Å²) in [7, 11) is 1.94. The van der Waals surface area contributed by atoms with Gasteiger partial charge in [0.1, 0.15) is 12.0 Å². The van der Waals surface area contributed by atoms with Crippen LogP contribution in [0.5, 0.6) is 5.75 Å². The Hall–Kier alpha value is -3.72.